The highest BCUT2D eigenvalue weighted by molar-refractivity contribution is 5.16. The largest absolute Gasteiger partial charge is 0.0856 e. The highest BCUT2D eigenvalue weighted by Crippen LogP contribution is 2.10. The van der Waals surface area contributed by atoms with Crippen molar-refractivity contribution in [1.29, 1.82) is 0 Å². The van der Waals surface area contributed by atoms with Gasteiger partial charge < -0.3 is 0 Å². The topological polar surface area (TPSA) is 0 Å². The molecule has 0 N–H and O–H groups in total. The van der Waals surface area contributed by atoms with E-state index in [0.29, 0.717) is 0 Å². The molecule has 0 atom stereocenters. The van der Waals surface area contributed by atoms with Crippen molar-refractivity contribution in [3.8, 4) is 0 Å². The smallest absolute Gasteiger partial charge is 0.0285 e. The summed E-state index contributed by atoms with van der Waals surface area (Å²) in [5, 5.41) is 0. The second-order valence-corrected chi connectivity index (χ2v) is 5.67. The van der Waals surface area contributed by atoms with E-state index in [0.717, 1.165) is 12.8 Å². The zero-order chi connectivity index (χ0) is 14.0. The summed E-state index contributed by atoms with van der Waals surface area (Å²) in [4.78, 5) is 0. The maximum atomic E-state index is 2.31. The lowest BCUT2D eigenvalue weighted by Gasteiger charge is -1.99. The summed E-state index contributed by atoms with van der Waals surface area (Å²) in [7, 11) is 0. The minimum absolute atomic E-state index is 1.16. The first-order valence-corrected chi connectivity index (χ1v) is 7.01. The van der Waals surface area contributed by atoms with Gasteiger partial charge in [-0.1, -0.05) is 46.6 Å². The van der Waals surface area contributed by atoms with Crippen LogP contribution in [-0.2, 0) is 0 Å². The Labute approximate surface area is 114 Å². The number of hydrogen-bond donors (Lipinski definition) is 0. The lowest BCUT2D eigenvalue weighted by molar-refractivity contribution is 0.955. The molecule has 0 aromatic heterocycles. The van der Waals surface area contributed by atoms with E-state index in [4.69, 9.17) is 0 Å². The number of rotatable bonds is 7. The van der Waals surface area contributed by atoms with E-state index in [-0.39, 0.29) is 0 Å². The zero-order valence-corrected chi connectivity index (χ0v) is 13.1. The predicted octanol–water partition coefficient (Wildman–Crippen LogP) is 6.37. The molecule has 0 aliphatic rings. The SMILES string of the molecule is CC(C)=CCC/C(C)=C/C=C(\C)CCC=C(C)C. The molecule has 0 amide bonds. The average Bonchev–Trinajstić information content (AvgIpc) is 2.25. The Morgan fingerprint density at radius 2 is 0.944 bits per heavy atom. The maximum Gasteiger partial charge on any atom is -0.0285 e. The molecule has 0 aliphatic carbocycles. The molecule has 0 saturated heterocycles. The third-order valence-electron chi connectivity index (χ3n) is 2.83. The molecule has 0 fully saturated rings. The van der Waals surface area contributed by atoms with Crippen molar-refractivity contribution in [3.05, 3.63) is 46.6 Å². The van der Waals surface area contributed by atoms with Gasteiger partial charge in [0, 0.05) is 0 Å². The zero-order valence-electron chi connectivity index (χ0n) is 13.1. The van der Waals surface area contributed by atoms with Crippen LogP contribution in [-0.4, -0.2) is 0 Å². The Balaban J connectivity index is 4.08. The number of hydrogen-bond acceptors (Lipinski definition) is 0. The van der Waals surface area contributed by atoms with Crippen LogP contribution >= 0.6 is 0 Å². The Morgan fingerprint density at radius 1 is 0.611 bits per heavy atom. The van der Waals surface area contributed by atoms with Crippen molar-refractivity contribution in [2.75, 3.05) is 0 Å². The van der Waals surface area contributed by atoms with Crippen LogP contribution in [0.5, 0.6) is 0 Å². The first-order valence-electron chi connectivity index (χ1n) is 7.01. The average molecular weight is 246 g/mol. The molecular formula is C18H30. The van der Waals surface area contributed by atoms with Crippen molar-refractivity contribution in [3.63, 3.8) is 0 Å². The van der Waals surface area contributed by atoms with E-state index in [1.54, 1.807) is 0 Å². The lowest BCUT2D eigenvalue weighted by atomic mass is 10.1. The monoisotopic (exact) mass is 246 g/mol. The van der Waals surface area contributed by atoms with E-state index in [9.17, 15) is 0 Å². The van der Waals surface area contributed by atoms with Crippen molar-refractivity contribution in [2.24, 2.45) is 0 Å². The first kappa shape index (κ1) is 17.0. The summed E-state index contributed by atoms with van der Waals surface area (Å²) in [6.45, 7) is 13.1. The van der Waals surface area contributed by atoms with Crippen LogP contribution in [0, 0.1) is 0 Å². The van der Waals surface area contributed by atoms with E-state index >= 15 is 0 Å². The molecule has 0 nitrogen and oxygen atoms in total. The fourth-order valence-corrected chi connectivity index (χ4v) is 1.63. The molecule has 0 heteroatoms. The van der Waals surface area contributed by atoms with Crippen LogP contribution in [0.2, 0.25) is 0 Å². The van der Waals surface area contributed by atoms with Crippen LogP contribution in [0.3, 0.4) is 0 Å². The summed E-state index contributed by atoms with van der Waals surface area (Å²) in [5.41, 5.74) is 5.76. The summed E-state index contributed by atoms with van der Waals surface area (Å²) in [6.07, 6.45) is 13.8. The third kappa shape index (κ3) is 11.4. The van der Waals surface area contributed by atoms with Gasteiger partial charge in [-0.05, 0) is 67.2 Å². The third-order valence-corrected chi connectivity index (χ3v) is 2.83. The normalized spacial score (nSPS) is 12.3. The van der Waals surface area contributed by atoms with Crippen LogP contribution in [0.4, 0.5) is 0 Å². The Bertz CT molecular complexity index is 304. The second kappa shape index (κ2) is 9.94. The van der Waals surface area contributed by atoms with Crippen LogP contribution in [0.25, 0.3) is 0 Å². The Morgan fingerprint density at radius 3 is 1.22 bits per heavy atom. The van der Waals surface area contributed by atoms with Crippen molar-refractivity contribution >= 4 is 0 Å². The van der Waals surface area contributed by atoms with Gasteiger partial charge in [-0.2, -0.15) is 0 Å². The van der Waals surface area contributed by atoms with Gasteiger partial charge in [0.1, 0.15) is 0 Å². The molecule has 0 saturated carbocycles. The molecule has 0 aromatic rings. The minimum atomic E-state index is 1.16. The van der Waals surface area contributed by atoms with Crippen molar-refractivity contribution in [2.45, 2.75) is 67.2 Å². The lowest BCUT2D eigenvalue weighted by Crippen LogP contribution is -1.79. The van der Waals surface area contributed by atoms with Gasteiger partial charge in [-0.3, -0.25) is 0 Å². The standard InChI is InChI=1S/C18H30/c1-15(2)9-7-11-17(5)13-14-18(6)12-8-10-16(3)4/h9-10,13-14H,7-8,11-12H2,1-6H3/b17-13+,18-14+. The molecule has 18 heavy (non-hydrogen) atoms. The van der Waals surface area contributed by atoms with Crippen molar-refractivity contribution in [1.82, 2.24) is 0 Å². The predicted molar refractivity (Wildman–Crippen MR) is 84.8 cm³/mol. The summed E-state index contributed by atoms with van der Waals surface area (Å²) < 4.78 is 0. The summed E-state index contributed by atoms with van der Waals surface area (Å²) in [5.74, 6) is 0. The molecule has 0 rings (SSSR count). The van der Waals surface area contributed by atoms with Crippen molar-refractivity contribution < 1.29 is 0 Å². The molecule has 0 radical (unpaired) electrons. The first-order chi connectivity index (χ1) is 8.41. The highest BCUT2D eigenvalue weighted by Gasteiger charge is 1.90. The van der Waals surface area contributed by atoms with Gasteiger partial charge in [0.05, 0.1) is 0 Å². The highest BCUT2D eigenvalue weighted by atomic mass is 14.0. The van der Waals surface area contributed by atoms with Gasteiger partial charge >= 0.3 is 0 Å². The van der Waals surface area contributed by atoms with E-state index in [1.165, 1.54) is 35.1 Å². The molecule has 0 aliphatic heterocycles. The quantitative estimate of drug-likeness (QED) is 0.361. The molecular weight excluding hydrogens is 216 g/mol. The molecule has 0 aromatic carbocycles. The Hall–Kier alpha value is -1.04. The molecule has 0 unspecified atom stereocenters. The second-order valence-electron chi connectivity index (χ2n) is 5.67. The van der Waals surface area contributed by atoms with Gasteiger partial charge in [-0.25, -0.2) is 0 Å². The summed E-state index contributed by atoms with van der Waals surface area (Å²) >= 11 is 0. The summed E-state index contributed by atoms with van der Waals surface area (Å²) in [6, 6.07) is 0. The van der Waals surface area contributed by atoms with E-state index in [2.05, 4.69) is 65.8 Å². The fourth-order valence-electron chi connectivity index (χ4n) is 1.63. The fraction of sp³-hybridized carbons (Fsp3) is 0.556. The van der Waals surface area contributed by atoms with Gasteiger partial charge in [0.15, 0.2) is 0 Å². The Kier molecular flexibility index (Phi) is 9.36. The van der Waals surface area contributed by atoms with Crippen LogP contribution in [0.1, 0.15) is 67.2 Å². The molecule has 0 bridgehead atoms. The minimum Gasteiger partial charge on any atom is -0.0856 e. The maximum absolute atomic E-state index is 2.31. The van der Waals surface area contributed by atoms with Gasteiger partial charge in [0.25, 0.3) is 0 Å². The van der Waals surface area contributed by atoms with E-state index in [1.807, 2.05) is 0 Å². The van der Waals surface area contributed by atoms with Gasteiger partial charge in [-0.15, -0.1) is 0 Å². The van der Waals surface area contributed by atoms with Crippen LogP contribution < -0.4 is 0 Å². The van der Waals surface area contributed by atoms with Gasteiger partial charge in [0.2, 0.25) is 0 Å². The molecule has 0 heterocycles. The molecule has 102 valence electrons. The number of allylic oxidation sites excluding steroid dienone is 8. The van der Waals surface area contributed by atoms with Crippen LogP contribution in [0.15, 0.2) is 46.6 Å². The van der Waals surface area contributed by atoms with E-state index < -0.39 is 0 Å². The molecule has 0 spiro atoms.